The van der Waals surface area contributed by atoms with E-state index >= 15 is 0 Å². The van der Waals surface area contributed by atoms with E-state index in [1.807, 2.05) is 12.3 Å². The molecule has 1 aromatic heterocycles. The van der Waals surface area contributed by atoms with Gasteiger partial charge in [0.1, 0.15) is 5.54 Å². The lowest BCUT2D eigenvalue weighted by atomic mass is 9.87. The normalized spacial score (nSPS) is 15.4. The molecule has 3 amide bonds. The van der Waals surface area contributed by atoms with Gasteiger partial charge < -0.3 is 21.3 Å². The van der Waals surface area contributed by atoms with Crippen LogP contribution in [0.2, 0.25) is 0 Å². The van der Waals surface area contributed by atoms with E-state index in [0.717, 1.165) is 13.1 Å². The number of amides is 3. The predicted molar refractivity (Wildman–Crippen MR) is 103 cm³/mol. The van der Waals surface area contributed by atoms with Crippen molar-refractivity contribution in [1.29, 1.82) is 0 Å². The second-order valence-electron chi connectivity index (χ2n) is 5.97. The van der Waals surface area contributed by atoms with Gasteiger partial charge in [0.25, 0.3) is 5.91 Å². The molecular formula is C17H23ClN6O2. The van der Waals surface area contributed by atoms with Gasteiger partial charge in [-0.05, 0) is 50.2 Å². The Kier molecular flexibility index (Phi) is 6.59. The Morgan fingerprint density at radius 2 is 1.85 bits per heavy atom. The van der Waals surface area contributed by atoms with E-state index in [1.54, 1.807) is 42.2 Å². The molecule has 0 spiro atoms. The second kappa shape index (κ2) is 8.68. The molecule has 140 valence electrons. The maximum atomic E-state index is 13.1. The second-order valence-corrected chi connectivity index (χ2v) is 5.97. The summed E-state index contributed by atoms with van der Waals surface area (Å²) in [7, 11) is 1.55. The molecule has 3 rings (SSSR count). The number of nitrogens with zero attached hydrogens (tertiary/aromatic N) is 2. The summed E-state index contributed by atoms with van der Waals surface area (Å²) in [6.07, 6.45) is 4.84. The Morgan fingerprint density at radius 1 is 1.15 bits per heavy atom. The van der Waals surface area contributed by atoms with Crippen LogP contribution < -0.4 is 21.3 Å². The Morgan fingerprint density at radius 3 is 2.46 bits per heavy atom. The zero-order chi connectivity index (χ0) is 17.7. The van der Waals surface area contributed by atoms with Crippen molar-refractivity contribution in [2.24, 2.45) is 0 Å². The largest absolute Gasteiger partial charge is 0.341 e. The summed E-state index contributed by atoms with van der Waals surface area (Å²) in [5.74, 6) is -0.102. The smallest absolute Gasteiger partial charge is 0.318 e. The molecular weight excluding hydrogens is 356 g/mol. The molecule has 0 atom stereocenters. The maximum absolute atomic E-state index is 13.1. The van der Waals surface area contributed by atoms with Gasteiger partial charge >= 0.3 is 6.03 Å². The highest BCUT2D eigenvalue weighted by Gasteiger charge is 2.42. The molecule has 1 aromatic carbocycles. The van der Waals surface area contributed by atoms with Crippen LogP contribution in [0.1, 0.15) is 12.8 Å². The van der Waals surface area contributed by atoms with Crippen LogP contribution >= 0.6 is 12.4 Å². The van der Waals surface area contributed by atoms with Crippen LogP contribution in [0, 0.1) is 0 Å². The van der Waals surface area contributed by atoms with Crippen LogP contribution in [0.4, 0.5) is 16.2 Å². The fourth-order valence-corrected chi connectivity index (χ4v) is 3.04. The molecule has 0 aliphatic carbocycles. The van der Waals surface area contributed by atoms with E-state index < -0.39 is 5.54 Å². The summed E-state index contributed by atoms with van der Waals surface area (Å²) in [5.41, 5.74) is 0.526. The van der Waals surface area contributed by atoms with Crippen molar-refractivity contribution in [2.45, 2.75) is 18.4 Å². The number of aromatic nitrogens is 2. The zero-order valence-corrected chi connectivity index (χ0v) is 15.3. The number of carbonyl (C=O) groups excluding carboxylic acids is 2. The van der Waals surface area contributed by atoms with Crippen LogP contribution in [0.25, 0.3) is 0 Å². The van der Waals surface area contributed by atoms with Crippen molar-refractivity contribution in [3.63, 3.8) is 0 Å². The molecule has 1 aliphatic rings. The summed E-state index contributed by atoms with van der Waals surface area (Å²) in [6.45, 7) is 1.51. The first-order chi connectivity index (χ1) is 12.1. The van der Waals surface area contributed by atoms with Crippen molar-refractivity contribution in [1.82, 2.24) is 20.4 Å². The van der Waals surface area contributed by atoms with E-state index in [9.17, 15) is 9.59 Å². The van der Waals surface area contributed by atoms with Crippen LogP contribution in [0.5, 0.6) is 0 Å². The SMILES string of the molecule is CNC(=O)Nc1cccc(NC(=O)C2(n3cccn3)CCNCC2)c1.Cl. The number of rotatable bonds is 4. The highest BCUT2D eigenvalue weighted by Crippen LogP contribution is 2.29. The average molecular weight is 379 g/mol. The number of urea groups is 1. The number of anilines is 2. The molecule has 1 aliphatic heterocycles. The fraction of sp³-hybridized carbons (Fsp3) is 0.353. The molecule has 2 heterocycles. The minimum absolute atomic E-state index is 0. The molecule has 1 fully saturated rings. The maximum Gasteiger partial charge on any atom is 0.318 e. The van der Waals surface area contributed by atoms with Crippen LogP contribution in [0.15, 0.2) is 42.7 Å². The van der Waals surface area contributed by atoms with E-state index in [-0.39, 0.29) is 24.3 Å². The highest BCUT2D eigenvalue weighted by atomic mass is 35.5. The van der Waals surface area contributed by atoms with E-state index in [4.69, 9.17) is 0 Å². The van der Waals surface area contributed by atoms with Gasteiger partial charge in [0.2, 0.25) is 0 Å². The number of hydrogen-bond acceptors (Lipinski definition) is 4. The lowest BCUT2D eigenvalue weighted by Gasteiger charge is -2.36. The van der Waals surface area contributed by atoms with Crippen LogP contribution in [-0.4, -0.2) is 41.9 Å². The summed E-state index contributed by atoms with van der Waals surface area (Å²) in [6, 6.07) is 8.58. The van der Waals surface area contributed by atoms with E-state index in [1.165, 1.54) is 0 Å². The number of benzene rings is 1. The van der Waals surface area contributed by atoms with Gasteiger partial charge in [-0.1, -0.05) is 6.07 Å². The molecule has 26 heavy (non-hydrogen) atoms. The molecule has 2 aromatic rings. The molecule has 0 bridgehead atoms. The van der Waals surface area contributed by atoms with Gasteiger partial charge in [0.05, 0.1) is 0 Å². The van der Waals surface area contributed by atoms with E-state index in [2.05, 4.69) is 26.4 Å². The van der Waals surface area contributed by atoms with Crippen molar-refractivity contribution >= 4 is 35.7 Å². The van der Waals surface area contributed by atoms with Gasteiger partial charge in [0.15, 0.2) is 0 Å². The molecule has 9 heteroatoms. The minimum Gasteiger partial charge on any atom is -0.341 e. The van der Waals surface area contributed by atoms with Gasteiger partial charge in [0, 0.05) is 30.8 Å². The first kappa shape index (κ1) is 19.7. The summed E-state index contributed by atoms with van der Waals surface area (Å²) in [4.78, 5) is 24.5. The summed E-state index contributed by atoms with van der Waals surface area (Å²) in [5, 5.41) is 15.7. The highest BCUT2D eigenvalue weighted by molar-refractivity contribution is 5.97. The molecule has 1 saturated heterocycles. The van der Waals surface area contributed by atoms with Gasteiger partial charge in [-0.15, -0.1) is 12.4 Å². The Balaban J connectivity index is 0.00000243. The van der Waals surface area contributed by atoms with Crippen molar-refractivity contribution in [3.05, 3.63) is 42.7 Å². The molecule has 4 N–H and O–H groups in total. The van der Waals surface area contributed by atoms with Crippen LogP contribution in [-0.2, 0) is 10.3 Å². The lowest BCUT2D eigenvalue weighted by Crippen LogP contribution is -2.52. The zero-order valence-electron chi connectivity index (χ0n) is 14.5. The monoisotopic (exact) mass is 378 g/mol. The van der Waals surface area contributed by atoms with Gasteiger partial charge in [-0.2, -0.15) is 5.10 Å². The van der Waals surface area contributed by atoms with Crippen molar-refractivity contribution in [2.75, 3.05) is 30.8 Å². The number of piperidine rings is 1. The minimum atomic E-state index is -0.709. The Bertz CT molecular complexity index is 743. The van der Waals surface area contributed by atoms with Crippen LogP contribution in [0.3, 0.4) is 0 Å². The topological polar surface area (TPSA) is 100 Å². The van der Waals surface area contributed by atoms with Gasteiger partial charge in [-0.3, -0.25) is 9.48 Å². The predicted octanol–water partition coefficient (Wildman–Crippen LogP) is 1.77. The molecule has 8 nitrogen and oxygen atoms in total. The average Bonchev–Trinajstić information content (AvgIpc) is 3.17. The summed E-state index contributed by atoms with van der Waals surface area (Å²) >= 11 is 0. The summed E-state index contributed by atoms with van der Waals surface area (Å²) < 4.78 is 1.75. The molecule has 0 saturated carbocycles. The fourth-order valence-electron chi connectivity index (χ4n) is 3.04. The number of hydrogen-bond donors (Lipinski definition) is 4. The van der Waals surface area contributed by atoms with Crippen molar-refractivity contribution in [3.8, 4) is 0 Å². The Hall–Kier alpha value is -2.58. The van der Waals surface area contributed by atoms with Crippen molar-refractivity contribution < 1.29 is 9.59 Å². The molecule has 0 unspecified atom stereocenters. The first-order valence-corrected chi connectivity index (χ1v) is 8.25. The molecule has 0 radical (unpaired) electrons. The standard InChI is InChI=1S/C17H22N6O2.ClH/c1-18-16(25)22-14-5-2-4-13(12-14)21-15(24)17(6-9-19-10-7-17)23-11-3-8-20-23;/h2-5,8,11-12,19H,6-7,9-10H2,1H3,(H,21,24)(H2,18,22,25);1H. The number of nitrogens with one attached hydrogen (secondary N) is 4. The third kappa shape index (κ3) is 4.14. The van der Waals surface area contributed by atoms with Gasteiger partial charge in [-0.25, -0.2) is 4.79 Å². The lowest BCUT2D eigenvalue weighted by molar-refractivity contribution is -0.126. The number of carbonyl (C=O) groups is 2. The number of halogens is 1. The first-order valence-electron chi connectivity index (χ1n) is 8.25. The van der Waals surface area contributed by atoms with E-state index in [0.29, 0.717) is 24.2 Å². The quantitative estimate of drug-likeness (QED) is 0.651. The third-order valence-corrected chi connectivity index (χ3v) is 4.40. The Labute approximate surface area is 158 Å². The third-order valence-electron chi connectivity index (χ3n) is 4.40.